The summed E-state index contributed by atoms with van der Waals surface area (Å²) in [6.45, 7) is 2.73. The Labute approximate surface area is 113 Å². The summed E-state index contributed by atoms with van der Waals surface area (Å²) >= 11 is 0. The van der Waals surface area contributed by atoms with E-state index >= 15 is 0 Å². The predicted octanol–water partition coefficient (Wildman–Crippen LogP) is 2.67. The van der Waals surface area contributed by atoms with E-state index in [1.807, 2.05) is 6.92 Å². The van der Waals surface area contributed by atoms with Crippen LogP contribution >= 0.6 is 0 Å². The van der Waals surface area contributed by atoms with Gasteiger partial charge in [0.05, 0.1) is 5.56 Å². The van der Waals surface area contributed by atoms with Crippen LogP contribution in [0.4, 0.5) is 10.2 Å². The number of rotatable bonds is 2. The Balaban J connectivity index is 2.27. The molecule has 5 heteroatoms. The highest BCUT2D eigenvalue weighted by molar-refractivity contribution is 5.95. The number of anilines is 1. The van der Waals surface area contributed by atoms with E-state index in [0.717, 1.165) is 25.7 Å². The van der Waals surface area contributed by atoms with Crippen LogP contribution in [0.3, 0.4) is 0 Å². The van der Waals surface area contributed by atoms with Crippen LogP contribution < -0.4 is 5.32 Å². The molecule has 1 amide bonds. The van der Waals surface area contributed by atoms with Gasteiger partial charge < -0.3 is 10.2 Å². The van der Waals surface area contributed by atoms with E-state index in [2.05, 4.69) is 10.3 Å². The van der Waals surface area contributed by atoms with Gasteiger partial charge in [-0.15, -0.1) is 0 Å². The van der Waals surface area contributed by atoms with Gasteiger partial charge in [0, 0.05) is 25.8 Å². The third-order valence-corrected chi connectivity index (χ3v) is 3.67. The van der Waals surface area contributed by atoms with Gasteiger partial charge >= 0.3 is 0 Å². The van der Waals surface area contributed by atoms with Crippen LogP contribution in [-0.2, 0) is 0 Å². The van der Waals surface area contributed by atoms with Crippen LogP contribution in [0.5, 0.6) is 0 Å². The van der Waals surface area contributed by atoms with Gasteiger partial charge in [0.25, 0.3) is 5.91 Å². The summed E-state index contributed by atoms with van der Waals surface area (Å²) in [7, 11) is 1.59. The molecular formula is C14H20FN3O. The molecule has 1 aromatic heterocycles. The maximum absolute atomic E-state index is 14.1. The van der Waals surface area contributed by atoms with Gasteiger partial charge in [-0.2, -0.15) is 0 Å². The van der Waals surface area contributed by atoms with Crippen LogP contribution in [0.1, 0.15) is 43.0 Å². The molecule has 0 aromatic carbocycles. The zero-order valence-electron chi connectivity index (χ0n) is 11.4. The Hall–Kier alpha value is -1.65. The maximum atomic E-state index is 14.1. The van der Waals surface area contributed by atoms with Gasteiger partial charge in [0.1, 0.15) is 0 Å². The SMILES string of the molecule is CNc1nccc(C(=O)N2CCCCCC2C)c1F. The Morgan fingerprint density at radius 2 is 2.26 bits per heavy atom. The smallest absolute Gasteiger partial charge is 0.257 e. The molecule has 1 fully saturated rings. The van der Waals surface area contributed by atoms with Crippen molar-refractivity contribution < 1.29 is 9.18 Å². The first kappa shape index (κ1) is 13.8. The first-order chi connectivity index (χ1) is 9.15. The summed E-state index contributed by atoms with van der Waals surface area (Å²) in [5.74, 6) is -0.675. The number of aromatic nitrogens is 1. The van der Waals surface area contributed by atoms with E-state index < -0.39 is 5.82 Å². The summed E-state index contributed by atoms with van der Waals surface area (Å²) in [6.07, 6.45) is 5.70. The van der Waals surface area contributed by atoms with Crippen molar-refractivity contribution in [3.63, 3.8) is 0 Å². The number of hydrogen-bond donors (Lipinski definition) is 1. The molecule has 1 saturated heterocycles. The third-order valence-electron chi connectivity index (χ3n) is 3.67. The lowest BCUT2D eigenvalue weighted by molar-refractivity contribution is 0.0693. The normalized spacial score (nSPS) is 19.9. The van der Waals surface area contributed by atoms with Crippen LogP contribution in [0.15, 0.2) is 12.3 Å². The van der Waals surface area contributed by atoms with E-state index in [1.54, 1.807) is 11.9 Å². The first-order valence-electron chi connectivity index (χ1n) is 6.78. The molecule has 0 saturated carbocycles. The topological polar surface area (TPSA) is 45.2 Å². The summed E-state index contributed by atoms with van der Waals surface area (Å²) < 4.78 is 14.1. The molecule has 1 atom stereocenters. The van der Waals surface area contributed by atoms with Gasteiger partial charge in [-0.1, -0.05) is 12.8 Å². The van der Waals surface area contributed by atoms with Crippen molar-refractivity contribution in [1.82, 2.24) is 9.88 Å². The molecule has 19 heavy (non-hydrogen) atoms. The fourth-order valence-corrected chi connectivity index (χ4v) is 2.51. The zero-order chi connectivity index (χ0) is 13.8. The maximum Gasteiger partial charge on any atom is 0.257 e. The minimum atomic E-state index is -0.563. The predicted molar refractivity (Wildman–Crippen MR) is 72.7 cm³/mol. The highest BCUT2D eigenvalue weighted by Gasteiger charge is 2.26. The largest absolute Gasteiger partial charge is 0.371 e. The molecule has 104 valence electrons. The van der Waals surface area contributed by atoms with Crippen LogP contribution in [0, 0.1) is 5.82 Å². The Morgan fingerprint density at radius 1 is 1.47 bits per heavy atom. The number of carbonyl (C=O) groups excluding carboxylic acids is 1. The number of nitrogens with one attached hydrogen (secondary N) is 1. The van der Waals surface area contributed by atoms with Gasteiger partial charge in [-0.25, -0.2) is 9.37 Å². The monoisotopic (exact) mass is 265 g/mol. The van der Waals surface area contributed by atoms with Gasteiger partial charge in [-0.05, 0) is 25.8 Å². The van der Waals surface area contributed by atoms with Crippen LogP contribution in [0.25, 0.3) is 0 Å². The van der Waals surface area contributed by atoms with Crippen molar-refractivity contribution in [2.45, 2.75) is 38.6 Å². The van der Waals surface area contributed by atoms with E-state index in [0.29, 0.717) is 6.54 Å². The molecule has 1 aromatic rings. The van der Waals surface area contributed by atoms with Gasteiger partial charge in [0.15, 0.2) is 11.6 Å². The van der Waals surface area contributed by atoms with Gasteiger partial charge in [0.2, 0.25) is 0 Å². The summed E-state index contributed by atoms with van der Waals surface area (Å²) in [4.78, 5) is 18.1. The Morgan fingerprint density at radius 3 is 3.00 bits per heavy atom. The highest BCUT2D eigenvalue weighted by Crippen LogP contribution is 2.22. The minimum absolute atomic E-state index is 0.105. The van der Waals surface area contributed by atoms with E-state index in [-0.39, 0.29) is 23.3 Å². The summed E-state index contributed by atoms with van der Waals surface area (Å²) in [5.41, 5.74) is 0.105. The second-order valence-electron chi connectivity index (χ2n) is 4.97. The van der Waals surface area contributed by atoms with E-state index in [9.17, 15) is 9.18 Å². The summed E-state index contributed by atoms with van der Waals surface area (Å²) in [5, 5.41) is 2.66. The Kier molecular flexibility index (Phi) is 4.35. The molecule has 4 nitrogen and oxygen atoms in total. The molecule has 0 bridgehead atoms. The average Bonchev–Trinajstić information content (AvgIpc) is 2.63. The molecule has 1 aliphatic rings. The lowest BCUT2D eigenvalue weighted by Gasteiger charge is -2.27. The molecule has 2 rings (SSSR count). The minimum Gasteiger partial charge on any atom is -0.371 e. The van der Waals surface area contributed by atoms with Crippen LogP contribution in [-0.4, -0.2) is 35.4 Å². The quantitative estimate of drug-likeness (QED) is 0.894. The van der Waals surface area contributed by atoms with Crippen molar-refractivity contribution in [3.8, 4) is 0 Å². The number of hydrogen-bond acceptors (Lipinski definition) is 3. The first-order valence-corrected chi connectivity index (χ1v) is 6.78. The molecule has 2 heterocycles. The number of likely N-dealkylation sites (tertiary alicyclic amines) is 1. The number of amides is 1. The van der Waals surface area contributed by atoms with E-state index in [4.69, 9.17) is 0 Å². The molecular weight excluding hydrogens is 245 g/mol. The number of halogens is 1. The standard InChI is InChI=1S/C14H20FN3O/c1-10-6-4-3-5-9-18(10)14(19)11-7-8-17-13(16-2)12(11)15/h7-8,10H,3-6,9H2,1-2H3,(H,16,17). The lowest BCUT2D eigenvalue weighted by atomic mass is 10.1. The molecule has 0 radical (unpaired) electrons. The third kappa shape index (κ3) is 2.85. The van der Waals surface area contributed by atoms with Crippen molar-refractivity contribution in [2.24, 2.45) is 0 Å². The molecule has 1 aliphatic heterocycles. The second kappa shape index (κ2) is 5.99. The highest BCUT2D eigenvalue weighted by atomic mass is 19.1. The second-order valence-corrected chi connectivity index (χ2v) is 4.97. The van der Waals surface area contributed by atoms with Crippen molar-refractivity contribution >= 4 is 11.7 Å². The van der Waals surface area contributed by atoms with Crippen molar-refractivity contribution in [2.75, 3.05) is 18.9 Å². The zero-order valence-corrected chi connectivity index (χ0v) is 11.4. The average molecular weight is 265 g/mol. The fourth-order valence-electron chi connectivity index (χ4n) is 2.51. The molecule has 0 spiro atoms. The summed E-state index contributed by atoms with van der Waals surface area (Å²) in [6, 6.07) is 1.62. The molecule has 1 N–H and O–H groups in total. The van der Waals surface area contributed by atoms with Crippen LogP contribution in [0.2, 0.25) is 0 Å². The molecule has 1 unspecified atom stereocenters. The molecule has 0 aliphatic carbocycles. The van der Waals surface area contributed by atoms with Gasteiger partial charge in [-0.3, -0.25) is 4.79 Å². The van der Waals surface area contributed by atoms with E-state index in [1.165, 1.54) is 12.3 Å². The Bertz CT molecular complexity index is 464. The van der Waals surface area contributed by atoms with Crippen molar-refractivity contribution in [1.29, 1.82) is 0 Å². The number of nitrogens with zero attached hydrogens (tertiary/aromatic N) is 2. The lowest BCUT2D eigenvalue weighted by Crippen LogP contribution is -2.38. The number of carbonyl (C=O) groups is 1. The fraction of sp³-hybridized carbons (Fsp3) is 0.571. The van der Waals surface area contributed by atoms with Crippen molar-refractivity contribution in [3.05, 3.63) is 23.6 Å². The number of pyridine rings is 1.